The molecule has 2 rings (SSSR count). The Morgan fingerprint density at radius 3 is 2.31 bits per heavy atom. The van der Waals surface area contributed by atoms with Gasteiger partial charge in [-0.25, -0.2) is 0 Å². The third kappa shape index (κ3) is 2.40. The molecule has 2 unspecified atom stereocenters. The fraction of sp³-hybridized carbons (Fsp3) is 0.286. The minimum Gasteiger partial charge on any atom is -0.385 e. The van der Waals surface area contributed by atoms with E-state index in [4.69, 9.17) is 0 Å². The van der Waals surface area contributed by atoms with Crippen molar-refractivity contribution in [2.24, 2.45) is 0 Å². The third-order valence-electron chi connectivity index (χ3n) is 2.81. The number of aliphatic hydroxyl groups is 2. The van der Waals surface area contributed by atoms with Gasteiger partial charge in [-0.3, -0.25) is 0 Å². The molecule has 2 heteroatoms. The van der Waals surface area contributed by atoms with E-state index < -0.39 is 12.2 Å². The fourth-order valence-electron chi connectivity index (χ4n) is 1.87. The molecular formula is C14H16O2. The van der Waals surface area contributed by atoms with Crippen LogP contribution >= 0.6 is 0 Å². The van der Waals surface area contributed by atoms with Gasteiger partial charge in [0.1, 0.15) is 12.2 Å². The molecule has 2 nitrogen and oxygen atoms in total. The molecule has 1 aromatic carbocycles. The summed E-state index contributed by atoms with van der Waals surface area (Å²) in [5.41, 5.74) is 1.55. The molecule has 0 bridgehead atoms. The first-order chi connectivity index (χ1) is 7.79. The Kier molecular flexibility index (Phi) is 3.54. The van der Waals surface area contributed by atoms with E-state index in [1.807, 2.05) is 48.6 Å². The van der Waals surface area contributed by atoms with Gasteiger partial charge in [0.05, 0.1) is 0 Å². The van der Waals surface area contributed by atoms with Gasteiger partial charge in [-0.15, -0.1) is 0 Å². The Hall–Kier alpha value is -1.38. The molecule has 0 fully saturated rings. The van der Waals surface area contributed by atoms with Crippen LogP contribution in [-0.2, 0) is 0 Å². The lowest BCUT2D eigenvalue weighted by atomic mass is 9.95. The molecule has 1 aliphatic carbocycles. The lowest BCUT2D eigenvalue weighted by Gasteiger charge is -2.20. The summed E-state index contributed by atoms with van der Waals surface area (Å²) < 4.78 is 0. The minimum absolute atomic E-state index is 0.745. The van der Waals surface area contributed by atoms with E-state index in [1.165, 1.54) is 0 Å². The van der Waals surface area contributed by atoms with Crippen LogP contribution in [0, 0.1) is 0 Å². The number of hydrogen-bond acceptors (Lipinski definition) is 2. The second-order valence-corrected chi connectivity index (χ2v) is 3.98. The van der Waals surface area contributed by atoms with E-state index in [0.29, 0.717) is 0 Å². The normalized spacial score (nSPS) is 19.0. The lowest BCUT2D eigenvalue weighted by molar-refractivity contribution is 0.0429. The molecule has 0 saturated heterocycles. The van der Waals surface area contributed by atoms with Crippen LogP contribution < -0.4 is 0 Å². The summed E-state index contributed by atoms with van der Waals surface area (Å²) in [6.07, 6.45) is 6.16. The van der Waals surface area contributed by atoms with E-state index in [1.54, 1.807) is 0 Å². The van der Waals surface area contributed by atoms with Gasteiger partial charge in [-0.2, -0.15) is 0 Å². The van der Waals surface area contributed by atoms with E-state index in [9.17, 15) is 10.2 Å². The summed E-state index contributed by atoms with van der Waals surface area (Å²) in [6.45, 7) is 0. The van der Waals surface area contributed by atoms with Crippen molar-refractivity contribution in [1.29, 1.82) is 0 Å². The molecule has 0 heterocycles. The predicted molar refractivity (Wildman–Crippen MR) is 63.9 cm³/mol. The van der Waals surface area contributed by atoms with Crippen LogP contribution in [0.2, 0.25) is 0 Å². The zero-order chi connectivity index (χ0) is 11.4. The van der Waals surface area contributed by atoms with Crippen LogP contribution in [0.25, 0.3) is 0 Å². The van der Waals surface area contributed by atoms with Gasteiger partial charge >= 0.3 is 0 Å². The topological polar surface area (TPSA) is 40.5 Å². The van der Waals surface area contributed by atoms with Crippen LogP contribution in [0.15, 0.2) is 54.1 Å². The highest BCUT2D eigenvalue weighted by molar-refractivity contribution is 5.30. The smallest absolute Gasteiger partial charge is 0.109 e. The van der Waals surface area contributed by atoms with Gasteiger partial charge in [0.15, 0.2) is 0 Å². The van der Waals surface area contributed by atoms with Crippen molar-refractivity contribution in [1.82, 2.24) is 0 Å². The second-order valence-electron chi connectivity index (χ2n) is 3.98. The maximum Gasteiger partial charge on any atom is 0.109 e. The largest absolute Gasteiger partial charge is 0.385 e. The summed E-state index contributed by atoms with van der Waals surface area (Å²) in [7, 11) is 0. The Balaban J connectivity index is 2.13. The van der Waals surface area contributed by atoms with Gasteiger partial charge in [-0.05, 0) is 24.0 Å². The molecule has 0 amide bonds. The van der Waals surface area contributed by atoms with Crippen molar-refractivity contribution in [3.8, 4) is 0 Å². The van der Waals surface area contributed by atoms with Crippen molar-refractivity contribution in [2.45, 2.75) is 25.0 Å². The quantitative estimate of drug-likeness (QED) is 0.814. The summed E-state index contributed by atoms with van der Waals surface area (Å²) in [6, 6.07) is 9.25. The molecule has 0 spiro atoms. The number of hydrogen-bond donors (Lipinski definition) is 2. The van der Waals surface area contributed by atoms with Gasteiger partial charge in [0, 0.05) is 0 Å². The van der Waals surface area contributed by atoms with E-state index >= 15 is 0 Å². The molecule has 0 saturated carbocycles. The Morgan fingerprint density at radius 2 is 1.69 bits per heavy atom. The van der Waals surface area contributed by atoms with Crippen molar-refractivity contribution in [3.63, 3.8) is 0 Å². The molecule has 16 heavy (non-hydrogen) atoms. The van der Waals surface area contributed by atoms with Crippen molar-refractivity contribution < 1.29 is 10.2 Å². The SMILES string of the molecule is OC(C1=CCCC=C1)C(O)c1ccccc1. The van der Waals surface area contributed by atoms with Gasteiger partial charge in [-0.1, -0.05) is 48.6 Å². The second kappa shape index (κ2) is 5.10. The Bertz CT molecular complexity index is 392. The fourth-order valence-corrected chi connectivity index (χ4v) is 1.87. The van der Waals surface area contributed by atoms with Crippen molar-refractivity contribution >= 4 is 0 Å². The molecule has 0 aliphatic heterocycles. The standard InChI is InChI=1S/C14H16O2/c15-13(11-7-3-1-4-8-11)14(16)12-9-5-2-6-10-12/h1,3-5,7-10,13-16H,2,6H2. The average Bonchev–Trinajstić information content (AvgIpc) is 2.39. The number of rotatable bonds is 3. The van der Waals surface area contributed by atoms with Crippen LogP contribution in [0.4, 0.5) is 0 Å². The van der Waals surface area contributed by atoms with E-state index in [-0.39, 0.29) is 0 Å². The highest BCUT2D eigenvalue weighted by Crippen LogP contribution is 2.24. The number of allylic oxidation sites excluding steroid dienone is 2. The molecule has 0 radical (unpaired) electrons. The zero-order valence-corrected chi connectivity index (χ0v) is 9.08. The zero-order valence-electron chi connectivity index (χ0n) is 9.08. The molecule has 1 aliphatic rings. The molecule has 0 aromatic heterocycles. The van der Waals surface area contributed by atoms with Gasteiger partial charge in [0.25, 0.3) is 0 Å². The highest BCUT2D eigenvalue weighted by atomic mass is 16.3. The first kappa shape index (κ1) is 11.1. The Labute approximate surface area is 95.6 Å². The first-order valence-corrected chi connectivity index (χ1v) is 5.56. The lowest BCUT2D eigenvalue weighted by Crippen LogP contribution is -2.20. The van der Waals surface area contributed by atoms with Crippen LogP contribution in [-0.4, -0.2) is 16.3 Å². The summed E-state index contributed by atoms with van der Waals surface area (Å²) in [5.74, 6) is 0. The summed E-state index contributed by atoms with van der Waals surface area (Å²) >= 11 is 0. The Morgan fingerprint density at radius 1 is 0.938 bits per heavy atom. The van der Waals surface area contributed by atoms with Crippen LogP contribution in [0.5, 0.6) is 0 Å². The molecule has 2 atom stereocenters. The van der Waals surface area contributed by atoms with E-state index in [0.717, 1.165) is 24.0 Å². The van der Waals surface area contributed by atoms with Crippen LogP contribution in [0.1, 0.15) is 24.5 Å². The molecule has 84 valence electrons. The minimum atomic E-state index is -0.852. The maximum atomic E-state index is 10.0. The maximum absolute atomic E-state index is 10.0. The number of aliphatic hydroxyl groups excluding tert-OH is 2. The van der Waals surface area contributed by atoms with Crippen LogP contribution in [0.3, 0.4) is 0 Å². The van der Waals surface area contributed by atoms with Gasteiger partial charge in [0.2, 0.25) is 0 Å². The first-order valence-electron chi connectivity index (χ1n) is 5.56. The predicted octanol–water partition coefficient (Wildman–Crippen LogP) is 2.36. The monoisotopic (exact) mass is 216 g/mol. The van der Waals surface area contributed by atoms with E-state index in [2.05, 4.69) is 0 Å². The summed E-state index contributed by atoms with van der Waals surface area (Å²) in [5, 5.41) is 20.0. The average molecular weight is 216 g/mol. The molecule has 2 N–H and O–H groups in total. The molecular weight excluding hydrogens is 200 g/mol. The van der Waals surface area contributed by atoms with Crippen molar-refractivity contribution in [3.05, 3.63) is 59.7 Å². The number of benzene rings is 1. The highest BCUT2D eigenvalue weighted by Gasteiger charge is 2.21. The van der Waals surface area contributed by atoms with Gasteiger partial charge < -0.3 is 10.2 Å². The third-order valence-corrected chi connectivity index (χ3v) is 2.81. The summed E-state index contributed by atoms with van der Waals surface area (Å²) in [4.78, 5) is 0. The van der Waals surface area contributed by atoms with Crippen molar-refractivity contribution in [2.75, 3.05) is 0 Å². The molecule has 1 aromatic rings.